The van der Waals surface area contributed by atoms with Crippen LogP contribution in [0.3, 0.4) is 0 Å². The second kappa shape index (κ2) is 7.50. The first-order chi connectivity index (χ1) is 12.6. The number of carbonyl (C=O) groups is 2. The molecule has 0 saturated heterocycles. The van der Waals surface area contributed by atoms with Crippen molar-refractivity contribution in [1.29, 1.82) is 0 Å². The lowest BCUT2D eigenvalue weighted by atomic mass is 9.94. The van der Waals surface area contributed by atoms with Gasteiger partial charge in [-0.25, -0.2) is 5.48 Å². The molecular weight excluding hydrogens is 332 g/mol. The van der Waals surface area contributed by atoms with E-state index in [9.17, 15) is 14.7 Å². The number of rotatable bonds is 4. The summed E-state index contributed by atoms with van der Waals surface area (Å²) in [5, 5.41) is 21.5. The molecule has 6 heteroatoms. The highest BCUT2D eigenvalue weighted by atomic mass is 16.5. The van der Waals surface area contributed by atoms with E-state index in [-0.39, 0.29) is 17.0 Å². The van der Waals surface area contributed by atoms with Crippen molar-refractivity contribution in [3.63, 3.8) is 0 Å². The maximum atomic E-state index is 12.7. The van der Waals surface area contributed by atoms with Crippen LogP contribution >= 0.6 is 0 Å². The quantitative estimate of drug-likeness (QED) is 0.330. The zero-order chi connectivity index (χ0) is 18.5. The molecule has 0 bridgehead atoms. The Balaban J connectivity index is 2.04. The number of anilines is 1. The zero-order valence-electron chi connectivity index (χ0n) is 13.6. The highest BCUT2D eigenvalue weighted by molar-refractivity contribution is 6.11. The molecule has 3 aromatic rings. The van der Waals surface area contributed by atoms with Crippen molar-refractivity contribution in [2.24, 2.45) is 0 Å². The molecule has 0 radical (unpaired) electrons. The molecule has 4 N–H and O–H groups in total. The summed E-state index contributed by atoms with van der Waals surface area (Å²) in [6, 6.07) is 19.9. The molecule has 0 aliphatic heterocycles. The Morgan fingerprint density at radius 2 is 1.19 bits per heavy atom. The van der Waals surface area contributed by atoms with Gasteiger partial charge in [0.2, 0.25) is 0 Å². The van der Waals surface area contributed by atoms with Gasteiger partial charge in [-0.1, -0.05) is 48.5 Å². The van der Waals surface area contributed by atoms with E-state index in [1.807, 2.05) is 0 Å². The number of carbonyl (C=O) groups excluding carboxylic acids is 2. The Kier molecular flexibility index (Phi) is 4.96. The molecule has 0 unspecified atom stereocenters. The van der Waals surface area contributed by atoms with Crippen LogP contribution in [0, 0.1) is 0 Å². The first kappa shape index (κ1) is 17.2. The summed E-state index contributed by atoms with van der Waals surface area (Å²) in [4.78, 5) is 24.7. The molecule has 0 aliphatic rings. The third kappa shape index (κ3) is 3.40. The van der Waals surface area contributed by atoms with Gasteiger partial charge in [-0.3, -0.25) is 14.8 Å². The lowest BCUT2D eigenvalue weighted by molar-refractivity contribution is 0.0707. The summed E-state index contributed by atoms with van der Waals surface area (Å²) in [5.41, 5.74) is 3.49. The first-order valence-corrected chi connectivity index (χ1v) is 7.84. The number of hydroxylamine groups is 1. The second-order valence-corrected chi connectivity index (χ2v) is 5.50. The Hall–Kier alpha value is -3.64. The molecule has 2 amide bonds. The third-order valence-electron chi connectivity index (χ3n) is 3.89. The average molecular weight is 348 g/mol. The summed E-state index contributed by atoms with van der Waals surface area (Å²) in [7, 11) is 0. The molecule has 3 aromatic carbocycles. The minimum Gasteiger partial charge on any atom is -0.506 e. The maximum Gasteiger partial charge on any atom is 0.275 e. The molecule has 0 aromatic heterocycles. The lowest BCUT2D eigenvalue weighted by Gasteiger charge is -2.13. The molecule has 130 valence electrons. The molecule has 0 aliphatic carbocycles. The number of nitrogens with one attached hydrogen (secondary N) is 2. The van der Waals surface area contributed by atoms with Crippen molar-refractivity contribution in [2.45, 2.75) is 0 Å². The van der Waals surface area contributed by atoms with Crippen molar-refractivity contribution in [3.05, 3.63) is 83.9 Å². The SMILES string of the molecule is O=C(NO)c1ccccc1-c1ccccc1C(=O)Nc1ccccc1O. The summed E-state index contributed by atoms with van der Waals surface area (Å²) < 4.78 is 0. The highest BCUT2D eigenvalue weighted by Crippen LogP contribution is 2.29. The van der Waals surface area contributed by atoms with Crippen LogP contribution < -0.4 is 10.8 Å². The lowest BCUT2D eigenvalue weighted by Crippen LogP contribution is -2.20. The smallest absolute Gasteiger partial charge is 0.275 e. The van der Waals surface area contributed by atoms with Crippen molar-refractivity contribution < 1.29 is 19.9 Å². The van der Waals surface area contributed by atoms with Crippen LogP contribution in [0.1, 0.15) is 20.7 Å². The second-order valence-electron chi connectivity index (χ2n) is 5.50. The van der Waals surface area contributed by atoms with E-state index in [1.54, 1.807) is 72.2 Å². The molecule has 0 atom stereocenters. The Bertz CT molecular complexity index is 969. The zero-order valence-corrected chi connectivity index (χ0v) is 13.6. The van der Waals surface area contributed by atoms with Crippen LogP contribution in [0.4, 0.5) is 5.69 Å². The summed E-state index contributed by atoms with van der Waals surface area (Å²) in [5.74, 6) is -1.14. The van der Waals surface area contributed by atoms with Crippen LogP contribution in [-0.4, -0.2) is 22.1 Å². The van der Waals surface area contributed by atoms with Crippen LogP contribution in [0.2, 0.25) is 0 Å². The Morgan fingerprint density at radius 3 is 1.77 bits per heavy atom. The van der Waals surface area contributed by atoms with Gasteiger partial charge in [0.1, 0.15) is 5.75 Å². The van der Waals surface area contributed by atoms with Gasteiger partial charge in [-0.05, 0) is 35.4 Å². The first-order valence-electron chi connectivity index (χ1n) is 7.84. The van der Waals surface area contributed by atoms with E-state index < -0.39 is 11.8 Å². The fraction of sp³-hybridized carbons (Fsp3) is 0. The normalized spacial score (nSPS) is 10.2. The molecule has 3 rings (SSSR count). The average Bonchev–Trinajstić information content (AvgIpc) is 2.69. The van der Waals surface area contributed by atoms with Gasteiger partial charge >= 0.3 is 0 Å². The van der Waals surface area contributed by atoms with Gasteiger partial charge in [0.25, 0.3) is 11.8 Å². The predicted molar refractivity (Wildman–Crippen MR) is 97.2 cm³/mol. The van der Waals surface area contributed by atoms with E-state index in [0.717, 1.165) is 0 Å². The van der Waals surface area contributed by atoms with Gasteiger partial charge in [0.15, 0.2) is 0 Å². The van der Waals surface area contributed by atoms with Crippen LogP contribution in [0.15, 0.2) is 72.8 Å². The van der Waals surface area contributed by atoms with E-state index in [0.29, 0.717) is 16.7 Å². The number of aromatic hydroxyl groups is 1. The van der Waals surface area contributed by atoms with E-state index in [4.69, 9.17) is 5.21 Å². The third-order valence-corrected chi connectivity index (χ3v) is 3.89. The summed E-state index contributed by atoms with van der Waals surface area (Å²) in [6.07, 6.45) is 0. The molecule has 0 saturated carbocycles. The fourth-order valence-corrected chi connectivity index (χ4v) is 2.66. The van der Waals surface area contributed by atoms with E-state index >= 15 is 0 Å². The molecule has 26 heavy (non-hydrogen) atoms. The van der Waals surface area contributed by atoms with Crippen molar-refractivity contribution in [3.8, 4) is 16.9 Å². The molecule has 0 heterocycles. The number of amides is 2. The number of hydrogen-bond donors (Lipinski definition) is 4. The topological polar surface area (TPSA) is 98.7 Å². The number of para-hydroxylation sites is 2. The Labute approximate surface area is 149 Å². The van der Waals surface area contributed by atoms with Crippen LogP contribution in [0.25, 0.3) is 11.1 Å². The summed E-state index contributed by atoms with van der Waals surface area (Å²) >= 11 is 0. The molecule has 0 fully saturated rings. The fourth-order valence-electron chi connectivity index (χ4n) is 2.66. The van der Waals surface area contributed by atoms with Crippen LogP contribution in [-0.2, 0) is 0 Å². The van der Waals surface area contributed by atoms with E-state index in [1.165, 1.54) is 6.07 Å². The van der Waals surface area contributed by atoms with Gasteiger partial charge in [-0.2, -0.15) is 0 Å². The molecule has 0 spiro atoms. The monoisotopic (exact) mass is 348 g/mol. The molecule has 6 nitrogen and oxygen atoms in total. The van der Waals surface area contributed by atoms with Gasteiger partial charge in [0.05, 0.1) is 5.69 Å². The minimum atomic E-state index is -0.670. The van der Waals surface area contributed by atoms with Gasteiger partial charge in [0, 0.05) is 11.1 Å². The minimum absolute atomic E-state index is 0.0432. The number of hydrogen-bond acceptors (Lipinski definition) is 4. The van der Waals surface area contributed by atoms with Crippen molar-refractivity contribution in [1.82, 2.24) is 5.48 Å². The van der Waals surface area contributed by atoms with Gasteiger partial charge in [-0.15, -0.1) is 0 Å². The van der Waals surface area contributed by atoms with Crippen LogP contribution in [0.5, 0.6) is 5.75 Å². The maximum absolute atomic E-state index is 12.7. The standard InChI is InChI=1S/C20H16N2O4/c23-18-12-6-5-11-17(18)21-19(24)15-9-3-1-7-13(15)14-8-2-4-10-16(14)20(25)22-26/h1-12,23,26H,(H,21,24)(H,22,25). The number of phenolic OH excluding ortho intramolecular Hbond substituents is 1. The van der Waals surface area contributed by atoms with E-state index in [2.05, 4.69) is 5.32 Å². The predicted octanol–water partition coefficient (Wildman–Crippen LogP) is 3.43. The highest BCUT2D eigenvalue weighted by Gasteiger charge is 2.18. The number of benzene rings is 3. The Morgan fingerprint density at radius 1 is 0.692 bits per heavy atom. The number of phenols is 1. The van der Waals surface area contributed by atoms with Crippen molar-refractivity contribution >= 4 is 17.5 Å². The molecular formula is C20H16N2O4. The largest absolute Gasteiger partial charge is 0.506 e. The summed E-state index contributed by atoms with van der Waals surface area (Å²) in [6.45, 7) is 0. The van der Waals surface area contributed by atoms with Crippen molar-refractivity contribution in [2.75, 3.05) is 5.32 Å². The van der Waals surface area contributed by atoms with Gasteiger partial charge < -0.3 is 10.4 Å².